The van der Waals surface area contributed by atoms with E-state index in [-0.39, 0.29) is 17.7 Å². The molecule has 0 spiro atoms. The zero-order valence-electron chi connectivity index (χ0n) is 15.2. The van der Waals surface area contributed by atoms with Crippen LogP contribution in [0.15, 0.2) is 6.07 Å². The van der Waals surface area contributed by atoms with Crippen molar-refractivity contribution in [1.82, 2.24) is 20.0 Å². The summed E-state index contributed by atoms with van der Waals surface area (Å²) in [6.07, 6.45) is 0.0663. The van der Waals surface area contributed by atoms with Gasteiger partial charge in [-0.05, 0) is 46.6 Å². The van der Waals surface area contributed by atoms with Gasteiger partial charge in [-0.15, -0.1) is 0 Å². The molecule has 1 aliphatic heterocycles. The van der Waals surface area contributed by atoms with Crippen molar-refractivity contribution in [3.8, 4) is 0 Å². The minimum atomic E-state index is -0.287. The molecule has 1 aromatic heterocycles. The van der Waals surface area contributed by atoms with Crippen LogP contribution in [0.2, 0.25) is 0 Å². The number of aromatic nitrogens is 2. The molecule has 1 saturated heterocycles. The van der Waals surface area contributed by atoms with Crippen LogP contribution in [-0.4, -0.2) is 52.1 Å². The first-order chi connectivity index (χ1) is 10.7. The summed E-state index contributed by atoms with van der Waals surface area (Å²) in [6, 6.07) is 2.07. The fraction of sp³-hybridized carbons (Fsp3) is 0.765. The highest BCUT2D eigenvalue weighted by atomic mass is 16.5. The number of carbonyl (C=O) groups excluding carboxylic acids is 1. The normalized spacial score (nSPS) is 22.0. The van der Waals surface area contributed by atoms with E-state index in [1.807, 2.05) is 37.3 Å². The van der Waals surface area contributed by atoms with Gasteiger partial charge in [0.1, 0.15) is 0 Å². The molecule has 2 rings (SSSR count). The van der Waals surface area contributed by atoms with E-state index in [0.29, 0.717) is 25.6 Å². The molecule has 0 radical (unpaired) electrons. The lowest BCUT2D eigenvalue weighted by atomic mass is 10.1. The number of morpholine rings is 1. The van der Waals surface area contributed by atoms with Gasteiger partial charge in [0, 0.05) is 25.3 Å². The van der Waals surface area contributed by atoms with E-state index in [9.17, 15) is 4.79 Å². The van der Waals surface area contributed by atoms with E-state index in [4.69, 9.17) is 4.74 Å². The summed E-state index contributed by atoms with van der Waals surface area (Å²) in [7, 11) is 0. The van der Waals surface area contributed by atoms with Crippen molar-refractivity contribution in [3.05, 3.63) is 17.5 Å². The Labute approximate surface area is 139 Å². The largest absolute Gasteiger partial charge is 0.369 e. The van der Waals surface area contributed by atoms with Crippen LogP contribution in [0.3, 0.4) is 0 Å². The molecular formula is C17H30N4O2. The summed E-state index contributed by atoms with van der Waals surface area (Å²) in [6.45, 7) is 14.9. The van der Waals surface area contributed by atoms with Gasteiger partial charge in [-0.3, -0.25) is 4.68 Å². The topological polar surface area (TPSA) is 59.4 Å². The van der Waals surface area contributed by atoms with Gasteiger partial charge in [0.05, 0.1) is 23.9 Å². The summed E-state index contributed by atoms with van der Waals surface area (Å²) < 4.78 is 7.85. The second-order valence-electron chi connectivity index (χ2n) is 7.47. The maximum atomic E-state index is 12.4. The van der Waals surface area contributed by atoms with Gasteiger partial charge in [0.2, 0.25) is 0 Å². The Morgan fingerprint density at radius 3 is 2.78 bits per heavy atom. The van der Waals surface area contributed by atoms with Crippen LogP contribution < -0.4 is 5.32 Å². The molecule has 2 atom stereocenters. The van der Waals surface area contributed by atoms with Crippen molar-refractivity contribution in [2.24, 2.45) is 5.92 Å². The first-order valence-corrected chi connectivity index (χ1v) is 8.38. The Hall–Kier alpha value is -1.56. The van der Waals surface area contributed by atoms with Crippen LogP contribution in [0.1, 0.15) is 39.1 Å². The molecule has 1 aromatic rings. The monoisotopic (exact) mass is 322 g/mol. The number of carbonyl (C=O) groups is 1. The molecule has 6 nitrogen and oxygen atoms in total. The molecule has 23 heavy (non-hydrogen) atoms. The van der Waals surface area contributed by atoms with E-state index < -0.39 is 0 Å². The number of amides is 2. The van der Waals surface area contributed by atoms with Crippen LogP contribution >= 0.6 is 0 Å². The molecule has 6 heteroatoms. The second kappa shape index (κ2) is 6.91. The zero-order valence-corrected chi connectivity index (χ0v) is 15.2. The van der Waals surface area contributed by atoms with Crippen molar-refractivity contribution in [3.63, 3.8) is 0 Å². The maximum absolute atomic E-state index is 12.4. The minimum Gasteiger partial charge on any atom is -0.369 e. The van der Waals surface area contributed by atoms with Crippen LogP contribution in [0, 0.1) is 19.8 Å². The summed E-state index contributed by atoms with van der Waals surface area (Å²) in [4.78, 5) is 14.2. The van der Waals surface area contributed by atoms with Crippen LogP contribution in [0.4, 0.5) is 4.79 Å². The number of nitrogens with zero attached hydrogens (tertiary/aromatic N) is 3. The molecule has 1 N–H and O–H groups in total. The van der Waals surface area contributed by atoms with Gasteiger partial charge in [0.15, 0.2) is 0 Å². The summed E-state index contributed by atoms with van der Waals surface area (Å²) in [5, 5.41) is 7.52. The number of nitrogens with one attached hydrogen (secondary N) is 1. The van der Waals surface area contributed by atoms with Crippen molar-refractivity contribution in [2.45, 2.75) is 59.8 Å². The molecule has 0 saturated carbocycles. The van der Waals surface area contributed by atoms with Crippen LogP contribution in [-0.2, 0) is 11.3 Å². The third-order valence-corrected chi connectivity index (χ3v) is 4.05. The van der Waals surface area contributed by atoms with Crippen molar-refractivity contribution >= 4 is 6.03 Å². The van der Waals surface area contributed by atoms with Crippen molar-refractivity contribution in [2.75, 3.05) is 19.6 Å². The fourth-order valence-corrected chi connectivity index (χ4v) is 3.20. The number of hydrogen-bond donors (Lipinski definition) is 1. The average Bonchev–Trinajstić information content (AvgIpc) is 2.71. The molecule has 1 fully saturated rings. The Balaban J connectivity index is 1.82. The molecule has 0 aliphatic carbocycles. The van der Waals surface area contributed by atoms with E-state index in [1.165, 1.54) is 0 Å². The molecule has 2 heterocycles. The third-order valence-electron chi connectivity index (χ3n) is 4.05. The molecular weight excluding hydrogens is 292 g/mol. The van der Waals surface area contributed by atoms with Crippen molar-refractivity contribution in [1.29, 1.82) is 0 Å². The summed E-state index contributed by atoms with van der Waals surface area (Å²) in [5.41, 5.74) is 1.90. The Morgan fingerprint density at radius 1 is 1.52 bits per heavy atom. The fourth-order valence-electron chi connectivity index (χ4n) is 3.20. The Bertz CT molecular complexity index is 553. The van der Waals surface area contributed by atoms with Crippen LogP contribution in [0.5, 0.6) is 0 Å². The molecule has 0 aromatic carbocycles. The SMILES string of the molecule is Cc1cc(C)n(C[C@H](C)CNC(=O)N2C[C@@H](C)OC(C)(C)C2)n1. The van der Waals surface area contributed by atoms with Crippen molar-refractivity contribution < 1.29 is 9.53 Å². The van der Waals surface area contributed by atoms with E-state index in [0.717, 1.165) is 17.9 Å². The summed E-state index contributed by atoms with van der Waals surface area (Å²) >= 11 is 0. The van der Waals surface area contributed by atoms with Gasteiger partial charge in [-0.25, -0.2) is 4.79 Å². The predicted octanol–water partition coefficient (Wildman–Crippen LogP) is 2.34. The van der Waals surface area contributed by atoms with Gasteiger partial charge in [-0.2, -0.15) is 5.10 Å². The van der Waals surface area contributed by atoms with Crippen LogP contribution in [0.25, 0.3) is 0 Å². The quantitative estimate of drug-likeness (QED) is 0.925. The highest BCUT2D eigenvalue weighted by Crippen LogP contribution is 2.20. The van der Waals surface area contributed by atoms with E-state index in [2.05, 4.69) is 30.3 Å². The number of urea groups is 1. The van der Waals surface area contributed by atoms with Gasteiger partial charge < -0.3 is 15.0 Å². The minimum absolute atomic E-state index is 0.00607. The molecule has 1 aliphatic rings. The van der Waals surface area contributed by atoms with E-state index in [1.54, 1.807) is 0 Å². The summed E-state index contributed by atoms with van der Waals surface area (Å²) in [5.74, 6) is 0.323. The zero-order chi connectivity index (χ0) is 17.2. The lowest BCUT2D eigenvalue weighted by Gasteiger charge is -2.41. The maximum Gasteiger partial charge on any atom is 0.317 e. The number of hydrogen-bond acceptors (Lipinski definition) is 3. The average molecular weight is 322 g/mol. The number of rotatable bonds is 4. The standard InChI is InChI=1S/C17H30N4O2/c1-12(9-21-14(3)7-13(2)19-21)8-18-16(22)20-10-15(4)23-17(5,6)11-20/h7,12,15H,8-11H2,1-6H3,(H,18,22)/t12-,15-/m1/s1. The van der Waals surface area contributed by atoms with Gasteiger partial charge in [0.25, 0.3) is 0 Å². The molecule has 0 unspecified atom stereocenters. The second-order valence-corrected chi connectivity index (χ2v) is 7.47. The highest BCUT2D eigenvalue weighted by Gasteiger charge is 2.33. The lowest BCUT2D eigenvalue weighted by Crippen LogP contribution is -2.56. The van der Waals surface area contributed by atoms with Gasteiger partial charge >= 0.3 is 6.03 Å². The number of ether oxygens (including phenoxy) is 1. The smallest absolute Gasteiger partial charge is 0.317 e. The lowest BCUT2D eigenvalue weighted by molar-refractivity contribution is -0.117. The van der Waals surface area contributed by atoms with Gasteiger partial charge in [-0.1, -0.05) is 6.92 Å². The first-order valence-electron chi connectivity index (χ1n) is 8.38. The third kappa shape index (κ3) is 4.96. The van der Waals surface area contributed by atoms with E-state index >= 15 is 0 Å². The Morgan fingerprint density at radius 2 is 2.22 bits per heavy atom. The first kappa shape index (κ1) is 17.8. The Kier molecular flexibility index (Phi) is 5.34. The number of aryl methyl sites for hydroxylation is 2. The molecule has 130 valence electrons. The molecule has 2 amide bonds. The predicted molar refractivity (Wildman–Crippen MR) is 90.5 cm³/mol. The molecule has 0 bridgehead atoms. The highest BCUT2D eigenvalue weighted by molar-refractivity contribution is 5.74.